The van der Waals surface area contributed by atoms with Crippen LogP contribution in [0, 0.1) is 0 Å². The Kier molecular flexibility index (Phi) is 11.6. The van der Waals surface area contributed by atoms with E-state index in [2.05, 4.69) is 0 Å². The number of rotatable bonds is 14. The lowest BCUT2D eigenvalue weighted by atomic mass is 10.5. The average Bonchev–Trinajstić information content (AvgIpc) is 2.35. The first-order valence-corrected chi connectivity index (χ1v) is 13.9. The van der Waals surface area contributed by atoms with Crippen molar-refractivity contribution in [2.75, 3.05) is 31.6 Å². The second kappa shape index (κ2) is 11.4. The molecule has 0 bridgehead atoms. The molecular formula is C14H33O8P3. The van der Waals surface area contributed by atoms with Crippen molar-refractivity contribution in [3.05, 3.63) is 0 Å². The SMILES string of the molecule is CCOP(=O)(CP(=O)(OCC)OCC)CP(=O)(OC(C)C)OC(C)C. The highest BCUT2D eigenvalue weighted by Crippen LogP contribution is 2.70. The van der Waals surface area contributed by atoms with E-state index >= 15 is 0 Å². The molecule has 0 rings (SSSR count). The average molecular weight is 422 g/mol. The van der Waals surface area contributed by atoms with E-state index in [4.69, 9.17) is 22.6 Å². The molecule has 25 heavy (non-hydrogen) atoms. The van der Waals surface area contributed by atoms with Crippen LogP contribution in [0.4, 0.5) is 0 Å². The molecule has 0 N–H and O–H groups in total. The van der Waals surface area contributed by atoms with Gasteiger partial charge < -0.3 is 22.6 Å². The van der Waals surface area contributed by atoms with E-state index in [9.17, 15) is 13.7 Å². The van der Waals surface area contributed by atoms with E-state index in [-0.39, 0.29) is 19.8 Å². The molecule has 1 unspecified atom stereocenters. The molecule has 0 saturated carbocycles. The van der Waals surface area contributed by atoms with Crippen molar-refractivity contribution in [2.45, 2.75) is 60.7 Å². The topological polar surface area (TPSA) is 97.4 Å². The molecule has 0 aliphatic carbocycles. The predicted octanol–water partition coefficient (Wildman–Crippen LogP) is 5.53. The Labute approximate surface area is 151 Å². The van der Waals surface area contributed by atoms with E-state index in [0.717, 1.165) is 0 Å². The minimum Gasteiger partial charge on any atom is -0.328 e. The van der Waals surface area contributed by atoms with Crippen molar-refractivity contribution in [3.8, 4) is 0 Å². The van der Waals surface area contributed by atoms with Gasteiger partial charge in [0.2, 0.25) is 7.37 Å². The monoisotopic (exact) mass is 422 g/mol. The van der Waals surface area contributed by atoms with Gasteiger partial charge in [-0.15, -0.1) is 0 Å². The molecule has 0 amide bonds. The highest BCUT2D eigenvalue weighted by atomic mass is 31.3. The van der Waals surface area contributed by atoms with E-state index in [0.29, 0.717) is 0 Å². The normalized spacial score (nSPS) is 15.7. The third kappa shape index (κ3) is 10.4. The summed E-state index contributed by atoms with van der Waals surface area (Å²) in [4.78, 5) is 0. The van der Waals surface area contributed by atoms with Gasteiger partial charge in [-0.05, 0) is 48.5 Å². The fourth-order valence-electron chi connectivity index (χ4n) is 2.14. The molecule has 1 atom stereocenters. The summed E-state index contributed by atoms with van der Waals surface area (Å²) in [5.74, 6) is -0.948. The second-order valence-electron chi connectivity index (χ2n) is 5.88. The molecule has 0 fully saturated rings. The fraction of sp³-hybridized carbons (Fsp3) is 1.00. The maximum atomic E-state index is 13.3. The van der Waals surface area contributed by atoms with Gasteiger partial charge >= 0.3 is 15.2 Å². The van der Waals surface area contributed by atoms with Crippen LogP contribution in [0.1, 0.15) is 48.5 Å². The molecule has 0 saturated heterocycles. The molecule has 0 aromatic carbocycles. The molecule has 0 aliphatic heterocycles. The highest BCUT2D eigenvalue weighted by Gasteiger charge is 2.44. The predicted molar refractivity (Wildman–Crippen MR) is 99.9 cm³/mol. The van der Waals surface area contributed by atoms with Crippen molar-refractivity contribution in [2.24, 2.45) is 0 Å². The summed E-state index contributed by atoms with van der Waals surface area (Å²) in [6.45, 7) is 12.1. The van der Waals surface area contributed by atoms with E-state index in [1.807, 2.05) is 0 Å². The summed E-state index contributed by atoms with van der Waals surface area (Å²) < 4.78 is 65.7. The molecule has 0 radical (unpaired) electrons. The van der Waals surface area contributed by atoms with E-state index < -0.39 is 46.6 Å². The fourth-order valence-corrected chi connectivity index (χ4v) is 12.0. The Balaban J connectivity index is 5.61. The van der Waals surface area contributed by atoms with E-state index in [1.165, 1.54) is 0 Å². The first-order chi connectivity index (χ1) is 11.4. The second-order valence-corrected chi connectivity index (χ2v) is 13.4. The first kappa shape index (κ1) is 25.5. The Bertz CT molecular complexity index is 496. The number of hydrogen-bond donors (Lipinski definition) is 0. The Morgan fingerprint density at radius 3 is 1.32 bits per heavy atom. The molecular weight excluding hydrogens is 389 g/mol. The van der Waals surface area contributed by atoms with Gasteiger partial charge in [0.1, 0.15) is 11.8 Å². The smallest absolute Gasteiger partial charge is 0.328 e. The zero-order valence-electron chi connectivity index (χ0n) is 16.3. The van der Waals surface area contributed by atoms with Gasteiger partial charge in [-0.25, -0.2) is 0 Å². The van der Waals surface area contributed by atoms with Crippen LogP contribution in [-0.2, 0) is 36.3 Å². The van der Waals surface area contributed by atoms with Gasteiger partial charge in [-0.2, -0.15) is 0 Å². The van der Waals surface area contributed by atoms with Crippen LogP contribution < -0.4 is 0 Å². The summed E-state index contributed by atoms with van der Waals surface area (Å²) in [6.07, 6.45) is -0.796. The molecule has 0 aromatic rings. The molecule has 8 nitrogen and oxygen atoms in total. The maximum Gasteiger partial charge on any atom is 0.340 e. The van der Waals surface area contributed by atoms with Crippen molar-refractivity contribution in [3.63, 3.8) is 0 Å². The van der Waals surface area contributed by atoms with Crippen LogP contribution in [0.3, 0.4) is 0 Å². The van der Waals surface area contributed by atoms with Gasteiger partial charge in [0.15, 0.2) is 0 Å². The standard InChI is InChI=1S/C14H33O8P3/c1-8-18-23(15,11-24(16,19-9-2)20-10-3)12-25(17,21-13(4)5)22-14(6)7/h13-14H,8-12H2,1-7H3. The molecule has 11 heteroatoms. The maximum absolute atomic E-state index is 13.3. The van der Waals surface area contributed by atoms with Gasteiger partial charge in [0, 0.05) is 0 Å². The largest absolute Gasteiger partial charge is 0.340 e. The van der Waals surface area contributed by atoms with Crippen molar-refractivity contribution in [1.29, 1.82) is 0 Å². The molecule has 0 spiro atoms. The Morgan fingerprint density at radius 2 is 1.00 bits per heavy atom. The Morgan fingerprint density at radius 1 is 0.640 bits per heavy atom. The summed E-state index contributed by atoms with van der Waals surface area (Å²) in [7, 11) is -11.0. The van der Waals surface area contributed by atoms with E-state index in [1.54, 1.807) is 48.5 Å². The summed E-state index contributed by atoms with van der Waals surface area (Å²) in [5.41, 5.74) is 0. The van der Waals surface area contributed by atoms with Crippen LogP contribution in [0.25, 0.3) is 0 Å². The zero-order chi connectivity index (χ0) is 19.7. The third-order valence-electron chi connectivity index (χ3n) is 2.54. The van der Waals surface area contributed by atoms with Gasteiger partial charge in [0.05, 0.1) is 32.0 Å². The van der Waals surface area contributed by atoms with Crippen molar-refractivity contribution in [1.82, 2.24) is 0 Å². The van der Waals surface area contributed by atoms with Crippen molar-refractivity contribution < 1.29 is 36.3 Å². The lowest BCUT2D eigenvalue weighted by Gasteiger charge is -2.28. The van der Waals surface area contributed by atoms with Crippen LogP contribution in [-0.4, -0.2) is 43.8 Å². The summed E-state index contributed by atoms with van der Waals surface area (Å²) in [6, 6.07) is 0. The number of hydrogen-bond acceptors (Lipinski definition) is 8. The molecule has 0 aliphatic rings. The van der Waals surface area contributed by atoms with Crippen molar-refractivity contribution >= 4 is 22.6 Å². The quantitative estimate of drug-likeness (QED) is 0.337. The highest BCUT2D eigenvalue weighted by molar-refractivity contribution is 7.80. The minimum absolute atomic E-state index is 0.0961. The zero-order valence-corrected chi connectivity index (χ0v) is 19.0. The minimum atomic E-state index is -3.73. The van der Waals surface area contributed by atoms with Crippen LogP contribution in [0.5, 0.6) is 0 Å². The van der Waals surface area contributed by atoms with Crippen LogP contribution in [0.2, 0.25) is 0 Å². The lowest BCUT2D eigenvalue weighted by Crippen LogP contribution is -2.13. The summed E-state index contributed by atoms with van der Waals surface area (Å²) in [5, 5.41) is 0. The van der Waals surface area contributed by atoms with Gasteiger partial charge in [0.25, 0.3) is 0 Å². The van der Waals surface area contributed by atoms with Crippen LogP contribution in [0.15, 0.2) is 0 Å². The third-order valence-corrected chi connectivity index (χ3v) is 12.3. The molecule has 0 heterocycles. The molecule has 152 valence electrons. The first-order valence-electron chi connectivity index (χ1n) is 8.49. The van der Waals surface area contributed by atoms with Crippen LogP contribution >= 0.6 is 22.6 Å². The van der Waals surface area contributed by atoms with Gasteiger partial charge in [-0.3, -0.25) is 13.7 Å². The Hall–Kier alpha value is 0.490. The molecule has 0 aromatic heterocycles. The van der Waals surface area contributed by atoms with Gasteiger partial charge in [-0.1, -0.05) is 0 Å². The lowest BCUT2D eigenvalue weighted by molar-refractivity contribution is 0.144. The summed E-state index contributed by atoms with van der Waals surface area (Å²) >= 11 is 0.